The summed E-state index contributed by atoms with van der Waals surface area (Å²) >= 11 is 0. The van der Waals surface area contributed by atoms with Gasteiger partial charge in [0.05, 0.1) is 11.6 Å². The minimum Gasteiger partial charge on any atom is -0.369 e. The van der Waals surface area contributed by atoms with Crippen LogP contribution in [0.25, 0.3) is 22.3 Å². The maximum atomic E-state index is 12.2. The minimum atomic E-state index is -2.43. The molecule has 4 rings (SSSR count). The van der Waals surface area contributed by atoms with Gasteiger partial charge in [-0.1, -0.05) is 6.07 Å². The summed E-state index contributed by atoms with van der Waals surface area (Å²) in [5.74, 6) is 1.45. The average molecular weight is 345 g/mol. The highest BCUT2D eigenvalue weighted by atomic mass is 19.3. The first kappa shape index (κ1) is 15.9. The molecule has 1 saturated heterocycles. The molecule has 0 aliphatic carbocycles. The van der Waals surface area contributed by atoms with Crippen LogP contribution in [0.2, 0.25) is 0 Å². The van der Waals surface area contributed by atoms with Gasteiger partial charge in [-0.25, -0.2) is 8.78 Å². The van der Waals surface area contributed by atoms with Crippen LogP contribution in [0.3, 0.4) is 0 Å². The molecule has 0 amide bonds. The van der Waals surface area contributed by atoms with Crippen LogP contribution in [0, 0.1) is 0 Å². The van der Waals surface area contributed by atoms with Crippen molar-refractivity contribution in [3.8, 4) is 11.4 Å². The SMILES string of the molecule is Cn1c(-c2ccc3ncccc3c2)nnc1N1CC(OCC(F)F)C1. The molecule has 2 aromatic heterocycles. The van der Waals surface area contributed by atoms with Crippen molar-refractivity contribution in [2.75, 3.05) is 24.6 Å². The molecule has 0 atom stereocenters. The van der Waals surface area contributed by atoms with Crippen molar-refractivity contribution in [1.29, 1.82) is 0 Å². The van der Waals surface area contributed by atoms with Gasteiger partial charge in [0.25, 0.3) is 6.43 Å². The number of hydrogen-bond donors (Lipinski definition) is 0. The van der Waals surface area contributed by atoms with Crippen LogP contribution >= 0.6 is 0 Å². The molecular formula is C17H17F2N5O. The molecular weight excluding hydrogens is 328 g/mol. The van der Waals surface area contributed by atoms with E-state index in [1.54, 1.807) is 6.20 Å². The summed E-state index contributed by atoms with van der Waals surface area (Å²) < 4.78 is 31.4. The van der Waals surface area contributed by atoms with Crippen LogP contribution in [-0.2, 0) is 11.8 Å². The molecule has 1 fully saturated rings. The van der Waals surface area contributed by atoms with Crippen molar-refractivity contribution in [1.82, 2.24) is 19.7 Å². The van der Waals surface area contributed by atoms with Gasteiger partial charge < -0.3 is 9.64 Å². The lowest BCUT2D eigenvalue weighted by Gasteiger charge is -2.39. The number of fused-ring (bicyclic) bond motifs is 1. The molecule has 8 heteroatoms. The number of pyridine rings is 1. The van der Waals surface area contributed by atoms with E-state index in [9.17, 15) is 8.78 Å². The van der Waals surface area contributed by atoms with E-state index >= 15 is 0 Å². The molecule has 130 valence electrons. The van der Waals surface area contributed by atoms with Crippen LogP contribution < -0.4 is 4.90 Å². The highest BCUT2D eigenvalue weighted by Crippen LogP contribution is 2.27. The summed E-state index contributed by atoms with van der Waals surface area (Å²) in [6.45, 7) is 0.564. The Morgan fingerprint density at radius 3 is 2.88 bits per heavy atom. The maximum absolute atomic E-state index is 12.2. The molecule has 1 aliphatic rings. The summed E-state index contributed by atoms with van der Waals surface area (Å²) in [4.78, 5) is 6.28. The number of benzene rings is 1. The summed E-state index contributed by atoms with van der Waals surface area (Å²) in [6, 6.07) is 9.85. The number of aromatic nitrogens is 4. The normalized spacial score (nSPS) is 15.1. The molecule has 3 aromatic rings. The molecule has 25 heavy (non-hydrogen) atoms. The molecule has 0 saturated carbocycles. The first-order valence-corrected chi connectivity index (χ1v) is 8.01. The van der Waals surface area contributed by atoms with Crippen molar-refractivity contribution < 1.29 is 13.5 Å². The molecule has 1 aromatic carbocycles. The molecule has 1 aliphatic heterocycles. The monoisotopic (exact) mass is 345 g/mol. The second kappa shape index (κ2) is 6.36. The zero-order valence-electron chi connectivity index (χ0n) is 13.6. The van der Waals surface area contributed by atoms with E-state index < -0.39 is 13.0 Å². The molecule has 3 heterocycles. The van der Waals surface area contributed by atoms with E-state index in [4.69, 9.17) is 4.74 Å². The lowest BCUT2D eigenvalue weighted by Crippen LogP contribution is -2.53. The minimum absolute atomic E-state index is 0.180. The number of halogens is 2. The molecule has 0 N–H and O–H groups in total. The van der Waals surface area contributed by atoms with Gasteiger partial charge in [0, 0.05) is 37.3 Å². The second-order valence-corrected chi connectivity index (χ2v) is 6.04. The fourth-order valence-corrected chi connectivity index (χ4v) is 2.98. The third kappa shape index (κ3) is 3.05. The number of ether oxygens (including phenoxy) is 1. The van der Waals surface area contributed by atoms with Crippen LogP contribution in [0.15, 0.2) is 36.5 Å². The Kier molecular flexibility index (Phi) is 4.04. The molecule has 0 unspecified atom stereocenters. The first-order valence-electron chi connectivity index (χ1n) is 8.01. The highest BCUT2D eigenvalue weighted by molar-refractivity contribution is 5.83. The number of alkyl halides is 2. The number of hydrogen-bond acceptors (Lipinski definition) is 5. The number of anilines is 1. The summed E-state index contributed by atoms with van der Waals surface area (Å²) in [5.41, 5.74) is 1.88. The van der Waals surface area contributed by atoms with Gasteiger partial charge in [-0.3, -0.25) is 9.55 Å². The predicted octanol–water partition coefficient (Wildman–Crippen LogP) is 2.50. The summed E-state index contributed by atoms with van der Waals surface area (Å²) in [6.07, 6.45) is -0.850. The molecule has 0 bridgehead atoms. The second-order valence-electron chi connectivity index (χ2n) is 6.04. The van der Waals surface area contributed by atoms with Crippen molar-refractivity contribution in [3.63, 3.8) is 0 Å². The fraction of sp³-hybridized carbons (Fsp3) is 0.353. The summed E-state index contributed by atoms with van der Waals surface area (Å²) in [5, 5.41) is 9.56. The van der Waals surface area contributed by atoms with Gasteiger partial charge in [-0.05, 0) is 24.3 Å². The molecule has 6 nitrogen and oxygen atoms in total. The lowest BCUT2D eigenvalue weighted by atomic mass is 10.1. The first-order chi connectivity index (χ1) is 12.1. The predicted molar refractivity (Wildman–Crippen MR) is 89.7 cm³/mol. The quantitative estimate of drug-likeness (QED) is 0.711. The van der Waals surface area contributed by atoms with Crippen LogP contribution in [-0.4, -0.2) is 52.0 Å². The molecule has 0 spiro atoms. The maximum Gasteiger partial charge on any atom is 0.261 e. The highest BCUT2D eigenvalue weighted by Gasteiger charge is 2.31. The van der Waals surface area contributed by atoms with Crippen LogP contribution in [0.1, 0.15) is 0 Å². The Labute approximate surface area is 143 Å². The van der Waals surface area contributed by atoms with E-state index in [-0.39, 0.29) is 6.10 Å². The Morgan fingerprint density at radius 1 is 1.24 bits per heavy atom. The standard InChI is InChI=1S/C17H17F2N5O/c1-23-16(12-4-5-14-11(7-12)3-2-6-20-14)21-22-17(23)24-8-13(9-24)25-10-15(18)19/h2-7,13,15H,8-10H2,1H3. The van der Waals surface area contributed by atoms with Gasteiger partial charge in [-0.15, -0.1) is 10.2 Å². The van der Waals surface area contributed by atoms with Crippen molar-refractivity contribution in [3.05, 3.63) is 36.5 Å². The third-order valence-corrected chi connectivity index (χ3v) is 4.30. The lowest BCUT2D eigenvalue weighted by molar-refractivity contribution is -0.0340. The smallest absolute Gasteiger partial charge is 0.261 e. The topological polar surface area (TPSA) is 56.1 Å². The Balaban J connectivity index is 1.51. The van der Waals surface area contributed by atoms with Gasteiger partial charge in [0.15, 0.2) is 5.82 Å². The number of nitrogens with zero attached hydrogens (tertiary/aromatic N) is 5. The van der Waals surface area contributed by atoms with E-state index in [0.29, 0.717) is 19.0 Å². The fourth-order valence-electron chi connectivity index (χ4n) is 2.98. The van der Waals surface area contributed by atoms with Crippen molar-refractivity contribution >= 4 is 16.9 Å². The van der Waals surface area contributed by atoms with Crippen LogP contribution in [0.5, 0.6) is 0 Å². The van der Waals surface area contributed by atoms with Crippen molar-refractivity contribution in [2.24, 2.45) is 7.05 Å². The van der Waals surface area contributed by atoms with Crippen LogP contribution in [0.4, 0.5) is 14.7 Å². The zero-order chi connectivity index (χ0) is 17.4. The van der Waals surface area contributed by atoms with Gasteiger partial charge >= 0.3 is 0 Å². The van der Waals surface area contributed by atoms with Crippen molar-refractivity contribution in [2.45, 2.75) is 12.5 Å². The van der Waals surface area contributed by atoms with Gasteiger partial charge in [0.1, 0.15) is 6.61 Å². The van der Waals surface area contributed by atoms with Gasteiger partial charge in [-0.2, -0.15) is 0 Å². The zero-order valence-corrected chi connectivity index (χ0v) is 13.6. The molecule has 0 radical (unpaired) electrons. The largest absolute Gasteiger partial charge is 0.369 e. The van der Waals surface area contributed by atoms with Gasteiger partial charge in [0.2, 0.25) is 5.95 Å². The average Bonchev–Trinajstić information content (AvgIpc) is 2.94. The Morgan fingerprint density at radius 2 is 2.08 bits per heavy atom. The third-order valence-electron chi connectivity index (χ3n) is 4.30. The van der Waals surface area contributed by atoms with E-state index in [1.807, 2.05) is 46.8 Å². The van der Waals surface area contributed by atoms with E-state index in [2.05, 4.69) is 15.2 Å². The van der Waals surface area contributed by atoms with E-state index in [0.717, 1.165) is 22.3 Å². The number of rotatable bonds is 5. The summed E-state index contributed by atoms with van der Waals surface area (Å²) in [7, 11) is 1.89. The Bertz CT molecular complexity index is 892. The Hall–Kier alpha value is -2.61. The van der Waals surface area contributed by atoms with E-state index in [1.165, 1.54) is 0 Å².